The van der Waals surface area contributed by atoms with E-state index in [9.17, 15) is 14.9 Å². The van der Waals surface area contributed by atoms with E-state index in [2.05, 4.69) is 4.98 Å². The largest absolute Gasteiger partial charge is 0.487 e. The van der Waals surface area contributed by atoms with Crippen LogP contribution in [0.15, 0.2) is 48.5 Å². The zero-order valence-electron chi connectivity index (χ0n) is 14.3. The highest BCUT2D eigenvalue weighted by atomic mass is 16.6. The Bertz CT molecular complexity index is 1000. The standard InChI is InChI=1S/C19H16N2O5/c1-3-25-16-10-9-14(11-15(16)21(23)24)19(22)26-17-6-4-5-13-8-7-12(2)20-18(13)17/h4-11H,3H2,1-2H3. The van der Waals surface area contributed by atoms with E-state index in [1.807, 2.05) is 25.1 Å². The summed E-state index contributed by atoms with van der Waals surface area (Å²) in [5.74, 6) is -0.295. The Morgan fingerprint density at radius 1 is 1.15 bits per heavy atom. The fourth-order valence-corrected chi connectivity index (χ4v) is 2.52. The van der Waals surface area contributed by atoms with E-state index in [-0.39, 0.29) is 23.6 Å². The second kappa shape index (κ2) is 7.18. The van der Waals surface area contributed by atoms with Crippen molar-refractivity contribution in [2.45, 2.75) is 13.8 Å². The van der Waals surface area contributed by atoms with Crippen molar-refractivity contribution >= 4 is 22.6 Å². The number of nitro benzene ring substituents is 1. The van der Waals surface area contributed by atoms with E-state index in [0.29, 0.717) is 11.3 Å². The first kappa shape index (κ1) is 17.3. The van der Waals surface area contributed by atoms with Crippen molar-refractivity contribution in [1.29, 1.82) is 0 Å². The molecule has 0 spiro atoms. The number of para-hydroxylation sites is 1. The molecule has 26 heavy (non-hydrogen) atoms. The number of aryl methyl sites for hydroxylation is 1. The van der Waals surface area contributed by atoms with Crippen LogP contribution in [-0.4, -0.2) is 22.5 Å². The van der Waals surface area contributed by atoms with Crippen molar-refractivity contribution in [2.24, 2.45) is 0 Å². The van der Waals surface area contributed by atoms with Crippen LogP contribution in [0.3, 0.4) is 0 Å². The van der Waals surface area contributed by atoms with Crippen LogP contribution in [-0.2, 0) is 0 Å². The molecule has 0 aliphatic rings. The average Bonchev–Trinajstić information content (AvgIpc) is 2.62. The molecular formula is C19H16N2O5. The minimum absolute atomic E-state index is 0.0600. The van der Waals surface area contributed by atoms with Gasteiger partial charge < -0.3 is 9.47 Å². The van der Waals surface area contributed by atoms with Gasteiger partial charge in [0.05, 0.1) is 17.1 Å². The van der Waals surface area contributed by atoms with Crippen LogP contribution in [0.25, 0.3) is 10.9 Å². The van der Waals surface area contributed by atoms with Crippen molar-refractivity contribution in [1.82, 2.24) is 4.98 Å². The van der Waals surface area contributed by atoms with Gasteiger partial charge in [-0.3, -0.25) is 10.1 Å². The number of nitro groups is 1. The van der Waals surface area contributed by atoms with Crippen LogP contribution in [0, 0.1) is 17.0 Å². The molecule has 1 aromatic heterocycles. The van der Waals surface area contributed by atoms with Crippen molar-refractivity contribution in [3.8, 4) is 11.5 Å². The lowest BCUT2D eigenvalue weighted by atomic mass is 10.1. The van der Waals surface area contributed by atoms with E-state index in [1.54, 1.807) is 19.1 Å². The van der Waals surface area contributed by atoms with Crippen LogP contribution in [0.1, 0.15) is 23.0 Å². The summed E-state index contributed by atoms with van der Waals surface area (Å²) in [7, 11) is 0. The number of carbonyl (C=O) groups is 1. The second-order valence-electron chi connectivity index (χ2n) is 5.54. The summed E-state index contributed by atoms with van der Waals surface area (Å²) < 4.78 is 10.7. The van der Waals surface area contributed by atoms with Crippen molar-refractivity contribution < 1.29 is 19.2 Å². The maximum Gasteiger partial charge on any atom is 0.343 e. The third-order valence-corrected chi connectivity index (χ3v) is 3.72. The molecule has 2 aromatic carbocycles. The quantitative estimate of drug-likeness (QED) is 0.297. The van der Waals surface area contributed by atoms with Crippen LogP contribution in [0.5, 0.6) is 11.5 Å². The van der Waals surface area contributed by atoms with Gasteiger partial charge in [-0.15, -0.1) is 0 Å². The molecule has 0 atom stereocenters. The van der Waals surface area contributed by atoms with Gasteiger partial charge in [0.25, 0.3) is 0 Å². The zero-order chi connectivity index (χ0) is 18.7. The molecule has 3 rings (SSSR count). The molecule has 0 aliphatic carbocycles. The molecule has 0 radical (unpaired) electrons. The van der Waals surface area contributed by atoms with Crippen LogP contribution in [0.2, 0.25) is 0 Å². The number of nitrogens with zero attached hydrogens (tertiary/aromatic N) is 2. The van der Waals surface area contributed by atoms with Gasteiger partial charge >= 0.3 is 11.7 Å². The number of esters is 1. The number of hydrogen-bond donors (Lipinski definition) is 0. The molecule has 0 bridgehead atoms. The summed E-state index contributed by atoms with van der Waals surface area (Å²) in [6, 6.07) is 13.0. The van der Waals surface area contributed by atoms with Gasteiger partial charge in [-0.1, -0.05) is 18.2 Å². The maximum atomic E-state index is 12.5. The molecule has 3 aromatic rings. The van der Waals surface area contributed by atoms with E-state index in [4.69, 9.17) is 9.47 Å². The normalized spacial score (nSPS) is 10.5. The molecule has 0 N–H and O–H groups in total. The molecule has 0 unspecified atom stereocenters. The highest BCUT2D eigenvalue weighted by molar-refractivity contribution is 5.95. The fraction of sp³-hybridized carbons (Fsp3) is 0.158. The first-order chi connectivity index (χ1) is 12.5. The van der Waals surface area contributed by atoms with E-state index < -0.39 is 10.9 Å². The Morgan fingerprint density at radius 3 is 2.69 bits per heavy atom. The van der Waals surface area contributed by atoms with Crippen LogP contribution >= 0.6 is 0 Å². The Labute approximate surface area is 149 Å². The fourth-order valence-electron chi connectivity index (χ4n) is 2.52. The predicted molar refractivity (Wildman–Crippen MR) is 95.7 cm³/mol. The summed E-state index contributed by atoms with van der Waals surface area (Å²) >= 11 is 0. The highest BCUT2D eigenvalue weighted by Crippen LogP contribution is 2.29. The lowest BCUT2D eigenvalue weighted by Crippen LogP contribution is -2.10. The number of rotatable bonds is 5. The molecule has 132 valence electrons. The average molecular weight is 352 g/mol. The lowest BCUT2D eigenvalue weighted by molar-refractivity contribution is -0.385. The maximum absolute atomic E-state index is 12.5. The third kappa shape index (κ3) is 3.46. The first-order valence-electron chi connectivity index (χ1n) is 7.99. The molecule has 0 amide bonds. The summed E-state index contributed by atoms with van der Waals surface area (Å²) in [6.07, 6.45) is 0. The monoisotopic (exact) mass is 352 g/mol. The minimum Gasteiger partial charge on any atom is -0.487 e. The van der Waals surface area contributed by atoms with E-state index in [0.717, 1.165) is 17.1 Å². The second-order valence-corrected chi connectivity index (χ2v) is 5.54. The SMILES string of the molecule is CCOc1ccc(C(=O)Oc2cccc3ccc(C)nc23)cc1[N+](=O)[O-]. The molecule has 1 heterocycles. The third-order valence-electron chi connectivity index (χ3n) is 3.72. The topological polar surface area (TPSA) is 91.6 Å². The van der Waals surface area contributed by atoms with Gasteiger partial charge in [-0.2, -0.15) is 0 Å². The summed E-state index contributed by atoms with van der Waals surface area (Å²) in [6.45, 7) is 3.85. The molecule has 7 nitrogen and oxygen atoms in total. The molecule has 0 saturated heterocycles. The number of hydrogen-bond acceptors (Lipinski definition) is 6. The zero-order valence-corrected chi connectivity index (χ0v) is 14.3. The van der Waals surface area contributed by atoms with Gasteiger partial charge in [0.2, 0.25) is 0 Å². The molecule has 0 aliphatic heterocycles. The summed E-state index contributed by atoms with van der Waals surface area (Å²) in [5, 5.41) is 12.0. The van der Waals surface area contributed by atoms with E-state index >= 15 is 0 Å². The number of ether oxygens (including phenoxy) is 2. The minimum atomic E-state index is -0.702. The molecule has 0 saturated carbocycles. The molecule has 0 fully saturated rings. The first-order valence-corrected chi connectivity index (χ1v) is 7.99. The number of pyridine rings is 1. The smallest absolute Gasteiger partial charge is 0.343 e. The molecular weight excluding hydrogens is 336 g/mol. The lowest BCUT2D eigenvalue weighted by Gasteiger charge is -2.09. The Hall–Kier alpha value is -3.48. The predicted octanol–water partition coefficient (Wildman–Crippen LogP) is 4.07. The van der Waals surface area contributed by atoms with Crippen LogP contribution < -0.4 is 9.47 Å². The van der Waals surface area contributed by atoms with Gasteiger partial charge in [-0.25, -0.2) is 9.78 Å². The van der Waals surface area contributed by atoms with Crippen molar-refractivity contribution in [3.05, 3.63) is 69.9 Å². The summed E-state index contributed by atoms with van der Waals surface area (Å²) in [4.78, 5) is 27.5. The number of benzene rings is 2. The van der Waals surface area contributed by atoms with Gasteiger partial charge in [-0.05, 0) is 38.1 Å². The summed E-state index contributed by atoms with van der Waals surface area (Å²) in [5.41, 5.74) is 1.12. The van der Waals surface area contributed by atoms with Gasteiger partial charge in [0, 0.05) is 17.1 Å². The van der Waals surface area contributed by atoms with Crippen LogP contribution in [0.4, 0.5) is 5.69 Å². The number of aromatic nitrogens is 1. The number of fused-ring (bicyclic) bond motifs is 1. The van der Waals surface area contributed by atoms with E-state index in [1.165, 1.54) is 12.1 Å². The van der Waals surface area contributed by atoms with Crippen molar-refractivity contribution in [3.63, 3.8) is 0 Å². The van der Waals surface area contributed by atoms with Gasteiger partial charge in [0.1, 0.15) is 5.52 Å². The molecule has 7 heteroatoms. The van der Waals surface area contributed by atoms with Crippen molar-refractivity contribution in [2.75, 3.05) is 6.61 Å². The highest BCUT2D eigenvalue weighted by Gasteiger charge is 2.20. The van der Waals surface area contributed by atoms with Gasteiger partial charge in [0.15, 0.2) is 11.5 Å². The Kier molecular flexibility index (Phi) is 4.79. The Balaban J connectivity index is 1.95. The Morgan fingerprint density at radius 2 is 1.96 bits per heavy atom. The number of carbonyl (C=O) groups excluding carboxylic acids is 1.